The topological polar surface area (TPSA) is 12.0 Å². The highest BCUT2D eigenvalue weighted by Gasteiger charge is 2.19. The molecule has 1 unspecified atom stereocenters. The molecule has 0 fully saturated rings. The summed E-state index contributed by atoms with van der Waals surface area (Å²) in [6, 6.07) is 10.7. The van der Waals surface area contributed by atoms with Crippen molar-refractivity contribution < 1.29 is 4.39 Å². The second kappa shape index (κ2) is 6.16. The van der Waals surface area contributed by atoms with E-state index in [2.05, 4.69) is 37.2 Å². The fourth-order valence-corrected chi connectivity index (χ4v) is 3.12. The first-order chi connectivity index (χ1) is 9.04. The standard InChI is InChI=1S/C15H14Br2FN/c1-9-7-13(17)11(8-12(9)16)15(19-2)10-5-3-4-6-14(10)18/h3-8,15,19H,1-2H3. The molecular weight excluding hydrogens is 373 g/mol. The zero-order valence-electron chi connectivity index (χ0n) is 10.7. The molecule has 1 N–H and O–H groups in total. The average Bonchev–Trinajstić information content (AvgIpc) is 2.38. The van der Waals surface area contributed by atoms with E-state index in [0.29, 0.717) is 5.56 Å². The van der Waals surface area contributed by atoms with Crippen molar-refractivity contribution in [2.45, 2.75) is 13.0 Å². The van der Waals surface area contributed by atoms with Gasteiger partial charge in [0.25, 0.3) is 0 Å². The van der Waals surface area contributed by atoms with Gasteiger partial charge in [-0.3, -0.25) is 0 Å². The van der Waals surface area contributed by atoms with E-state index in [-0.39, 0.29) is 11.9 Å². The predicted molar refractivity (Wildman–Crippen MR) is 83.9 cm³/mol. The predicted octanol–water partition coefficient (Wildman–Crippen LogP) is 4.97. The van der Waals surface area contributed by atoms with E-state index in [1.807, 2.05) is 32.2 Å². The molecule has 0 aliphatic rings. The van der Waals surface area contributed by atoms with Gasteiger partial charge in [-0.25, -0.2) is 4.39 Å². The van der Waals surface area contributed by atoms with Gasteiger partial charge in [-0.05, 0) is 43.3 Å². The van der Waals surface area contributed by atoms with Gasteiger partial charge in [0.15, 0.2) is 0 Å². The first-order valence-electron chi connectivity index (χ1n) is 5.92. The maximum absolute atomic E-state index is 14.0. The van der Waals surface area contributed by atoms with E-state index < -0.39 is 0 Å². The van der Waals surface area contributed by atoms with E-state index in [1.165, 1.54) is 6.07 Å². The van der Waals surface area contributed by atoms with Crippen LogP contribution in [0.1, 0.15) is 22.7 Å². The number of halogens is 3. The first-order valence-corrected chi connectivity index (χ1v) is 7.50. The average molecular weight is 387 g/mol. The minimum Gasteiger partial charge on any atom is -0.309 e. The third kappa shape index (κ3) is 3.07. The van der Waals surface area contributed by atoms with E-state index >= 15 is 0 Å². The summed E-state index contributed by atoms with van der Waals surface area (Å²) >= 11 is 7.09. The van der Waals surface area contributed by atoms with E-state index in [1.54, 1.807) is 12.1 Å². The van der Waals surface area contributed by atoms with Crippen LogP contribution in [0.2, 0.25) is 0 Å². The molecule has 0 aliphatic heterocycles. The van der Waals surface area contributed by atoms with Gasteiger partial charge >= 0.3 is 0 Å². The van der Waals surface area contributed by atoms with Crippen molar-refractivity contribution in [3.8, 4) is 0 Å². The lowest BCUT2D eigenvalue weighted by molar-refractivity contribution is 0.575. The van der Waals surface area contributed by atoms with Crippen molar-refractivity contribution in [2.75, 3.05) is 7.05 Å². The quantitative estimate of drug-likeness (QED) is 0.785. The number of nitrogens with one attached hydrogen (secondary N) is 1. The fraction of sp³-hybridized carbons (Fsp3) is 0.200. The van der Waals surface area contributed by atoms with Gasteiger partial charge in [0.05, 0.1) is 6.04 Å². The molecule has 19 heavy (non-hydrogen) atoms. The summed E-state index contributed by atoms with van der Waals surface area (Å²) in [6.07, 6.45) is 0. The van der Waals surface area contributed by atoms with Gasteiger partial charge in [0.1, 0.15) is 5.82 Å². The zero-order valence-corrected chi connectivity index (χ0v) is 13.8. The number of hydrogen-bond acceptors (Lipinski definition) is 1. The monoisotopic (exact) mass is 385 g/mol. The molecule has 0 radical (unpaired) electrons. The lowest BCUT2D eigenvalue weighted by Crippen LogP contribution is -2.19. The highest BCUT2D eigenvalue weighted by Crippen LogP contribution is 2.33. The van der Waals surface area contributed by atoms with Crippen molar-refractivity contribution in [1.29, 1.82) is 0 Å². The highest BCUT2D eigenvalue weighted by molar-refractivity contribution is 9.11. The highest BCUT2D eigenvalue weighted by atomic mass is 79.9. The zero-order chi connectivity index (χ0) is 14.0. The van der Waals surface area contributed by atoms with Gasteiger partial charge in [0.2, 0.25) is 0 Å². The second-order valence-electron chi connectivity index (χ2n) is 4.37. The summed E-state index contributed by atoms with van der Waals surface area (Å²) < 4.78 is 15.9. The summed E-state index contributed by atoms with van der Waals surface area (Å²) in [4.78, 5) is 0. The Kier molecular flexibility index (Phi) is 4.76. The number of benzene rings is 2. The van der Waals surface area contributed by atoms with Gasteiger partial charge in [-0.1, -0.05) is 50.1 Å². The van der Waals surface area contributed by atoms with Crippen molar-refractivity contribution in [3.63, 3.8) is 0 Å². The summed E-state index contributed by atoms with van der Waals surface area (Å²) in [5.74, 6) is -0.203. The summed E-state index contributed by atoms with van der Waals surface area (Å²) in [5.41, 5.74) is 2.78. The Hall–Kier alpha value is -0.710. The maximum atomic E-state index is 14.0. The van der Waals surface area contributed by atoms with Crippen molar-refractivity contribution in [3.05, 3.63) is 67.9 Å². The van der Waals surface area contributed by atoms with Crippen LogP contribution < -0.4 is 5.32 Å². The summed E-state index contributed by atoms with van der Waals surface area (Å²) in [5, 5.41) is 3.17. The van der Waals surface area contributed by atoms with Crippen molar-refractivity contribution in [2.24, 2.45) is 0 Å². The Balaban J connectivity index is 2.55. The minimum atomic E-state index is -0.203. The Morgan fingerprint density at radius 2 is 1.74 bits per heavy atom. The number of hydrogen-bond donors (Lipinski definition) is 1. The lowest BCUT2D eigenvalue weighted by Gasteiger charge is -2.20. The molecular formula is C15H14Br2FN. The Morgan fingerprint density at radius 3 is 2.37 bits per heavy atom. The van der Waals surface area contributed by atoms with Gasteiger partial charge in [-0.15, -0.1) is 0 Å². The molecule has 100 valence electrons. The van der Waals surface area contributed by atoms with Crippen LogP contribution in [-0.2, 0) is 0 Å². The first kappa shape index (κ1) is 14.7. The van der Waals surface area contributed by atoms with Crippen molar-refractivity contribution >= 4 is 31.9 Å². The molecule has 4 heteroatoms. The summed E-state index contributed by atoms with van der Waals surface area (Å²) in [7, 11) is 1.83. The molecule has 0 aromatic heterocycles. The molecule has 0 spiro atoms. The van der Waals surface area contributed by atoms with Crippen LogP contribution >= 0.6 is 31.9 Å². The van der Waals surface area contributed by atoms with Gasteiger partial charge < -0.3 is 5.32 Å². The normalized spacial score (nSPS) is 12.5. The van der Waals surface area contributed by atoms with Crippen LogP contribution in [0.4, 0.5) is 4.39 Å². The van der Waals surface area contributed by atoms with Crippen LogP contribution in [0.3, 0.4) is 0 Å². The van der Waals surface area contributed by atoms with Crippen LogP contribution in [0.15, 0.2) is 45.3 Å². The van der Waals surface area contributed by atoms with Crippen LogP contribution in [0.5, 0.6) is 0 Å². The van der Waals surface area contributed by atoms with E-state index in [4.69, 9.17) is 0 Å². The summed E-state index contributed by atoms with van der Waals surface area (Å²) in [6.45, 7) is 2.02. The molecule has 2 aromatic rings. The van der Waals surface area contributed by atoms with E-state index in [9.17, 15) is 4.39 Å². The lowest BCUT2D eigenvalue weighted by atomic mass is 9.97. The Labute approximate surface area is 129 Å². The Morgan fingerprint density at radius 1 is 1.05 bits per heavy atom. The molecule has 0 heterocycles. The van der Waals surface area contributed by atoms with Crippen LogP contribution in [0.25, 0.3) is 0 Å². The largest absolute Gasteiger partial charge is 0.309 e. The van der Waals surface area contributed by atoms with Crippen molar-refractivity contribution in [1.82, 2.24) is 5.32 Å². The molecule has 1 atom stereocenters. The molecule has 1 nitrogen and oxygen atoms in total. The molecule has 2 aromatic carbocycles. The molecule has 0 bridgehead atoms. The fourth-order valence-electron chi connectivity index (χ4n) is 2.07. The minimum absolute atomic E-state index is 0.188. The van der Waals surface area contributed by atoms with Crippen LogP contribution in [-0.4, -0.2) is 7.05 Å². The van der Waals surface area contributed by atoms with Gasteiger partial charge in [0, 0.05) is 14.5 Å². The number of rotatable bonds is 3. The second-order valence-corrected chi connectivity index (χ2v) is 6.07. The number of aryl methyl sites for hydroxylation is 1. The molecule has 0 aliphatic carbocycles. The third-order valence-corrected chi connectivity index (χ3v) is 4.63. The third-order valence-electron chi connectivity index (χ3n) is 3.09. The van der Waals surface area contributed by atoms with E-state index in [0.717, 1.165) is 20.1 Å². The van der Waals surface area contributed by atoms with Gasteiger partial charge in [-0.2, -0.15) is 0 Å². The van der Waals surface area contributed by atoms with Crippen LogP contribution in [0, 0.1) is 12.7 Å². The molecule has 0 saturated carbocycles. The maximum Gasteiger partial charge on any atom is 0.128 e. The smallest absolute Gasteiger partial charge is 0.128 e. The molecule has 0 saturated heterocycles. The SMILES string of the molecule is CNC(c1ccccc1F)c1cc(Br)c(C)cc1Br. The molecule has 2 rings (SSSR count). The Bertz CT molecular complexity index is 599. The molecule has 0 amide bonds.